The van der Waals surface area contributed by atoms with Crippen LogP contribution in [0.25, 0.3) is 0 Å². The number of anilines is 1. The van der Waals surface area contributed by atoms with Crippen LogP contribution < -0.4 is 11.5 Å². The van der Waals surface area contributed by atoms with E-state index < -0.39 is 0 Å². The van der Waals surface area contributed by atoms with Crippen molar-refractivity contribution in [3.63, 3.8) is 0 Å². The third-order valence-corrected chi connectivity index (χ3v) is 2.59. The van der Waals surface area contributed by atoms with Crippen LogP contribution in [0, 0.1) is 0 Å². The highest BCUT2D eigenvalue weighted by atomic mass is 35.5. The van der Waals surface area contributed by atoms with Gasteiger partial charge >= 0.3 is 0 Å². The van der Waals surface area contributed by atoms with Gasteiger partial charge in [0.2, 0.25) is 5.91 Å². The summed E-state index contributed by atoms with van der Waals surface area (Å²) in [6, 6.07) is 5.27. The summed E-state index contributed by atoms with van der Waals surface area (Å²) < 4.78 is 0. The number of hydrogen-bond acceptors (Lipinski definition) is 2. The van der Waals surface area contributed by atoms with E-state index in [1.807, 2.05) is 19.9 Å². The normalized spacial score (nSPS) is 11.4. The summed E-state index contributed by atoms with van der Waals surface area (Å²) in [5.74, 6) is -0.339. The minimum absolute atomic E-state index is 0.263. The Morgan fingerprint density at radius 3 is 2.53 bits per heavy atom. The monoisotopic (exact) mass is 226 g/mol. The average molecular weight is 227 g/mol. The summed E-state index contributed by atoms with van der Waals surface area (Å²) in [4.78, 5) is 10.9. The highest BCUT2D eigenvalue weighted by molar-refractivity contribution is 6.30. The Labute approximate surface area is 94.4 Å². The van der Waals surface area contributed by atoms with Gasteiger partial charge < -0.3 is 11.5 Å². The minimum atomic E-state index is -0.361. The zero-order valence-corrected chi connectivity index (χ0v) is 9.64. The van der Waals surface area contributed by atoms with E-state index in [9.17, 15) is 4.79 Å². The van der Waals surface area contributed by atoms with Crippen LogP contribution in [-0.2, 0) is 10.2 Å². The lowest BCUT2D eigenvalue weighted by Crippen LogP contribution is -2.27. The van der Waals surface area contributed by atoms with E-state index >= 15 is 0 Å². The quantitative estimate of drug-likeness (QED) is 0.775. The molecule has 1 aromatic carbocycles. The number of primary amides is 1. The number of nitrogen functional groups attached to an aromatic ring is 1. The van der Waals surface area contributed by atoms with Crippen LogP contribution in [0.1, 0.15) is 25.8 Å². The fourth-order valence-electron chi connectivity index (χ4n) is 1.68. The lowest BCUT2D eigenvalue weighted by molar-refractivity contribution is -0.119. The first-order valence-electron chi connectivity index (χ1n) is 4.67. The average Bonchev–Trinajstić information content (AvgIpc) is 1.99. The highest BCUT2D eigenvalue weighted by Gasteiger charge is 2.25. The predicted molar refractivity (Wildman–Crippen MR) is 62.7 cm³/mol. The van der Waals surface area contributed by atoms with Crippen LogP contribution in [0.5, 0.6) is 0 Å². The standard InChI is InChI=1S/C11H15ClN2O/c1-11(2,6-10(14)15)8-4-3-7(12)5-9(8)13/h3-5H,6,13H2,1-2H3,(H2,14,15). The van der Waals surface area contributed by atoms with Gasteiger partial charge in [0.25, 0.3) is 0 Å². The van der Waals surface area contributed by atoms with Gasteiger partial charge in [0, 0.05) is 22.5 Å². The molecule has 0 saturated heterocycles. The molecule has 15 heavy (non-hydrogen) atoms. The lowest BCUT2D eigenvalue weighted by Gasteiger charge is -2.25. The van der Waals surface area contributed by atoms with Gasteiger partial charge in [-0.15, -0.1) is 0 Å². The molecule has 1 rings (SSSR count). The molecule has 82 valence electrons. The molecule has 4 heteroatoms. The second kappa shape index (κ2) is 4.11. The number of halogens is 1. The summed E-state index contributed by atoms with van der Waals surface area (Å²) in [6.45, 7) is 3.86. The zero-order valence-electron chi connectivity index (χ0n) is 8.88. The fraction of sp³-hybridized carbons (Fsp3) is 0.364. The molecule has 1 aromatic rings. The Bertz CT molecular complexity index is 388. The van der Waals surface area contributed by atoms with Gasteiger partial charge in [-0.3, -0.25) is 4.79 Å². The van der Waals surface area contributed by atoms with E-state index in [4.69, 9.17) is 23.1 Å². The smallest absolute Gasteiger partial charge is 0.218 e. The first-order chi connectivity index (χ1) is 6.83. The molecule has 0 heterocycles. The molecule has 0 radical (unpaired) electrons. The molecular formula is C11H15ClN2O. The first-order valence-corrected chi connectivity index (χ1v) is 5.04. The number of nitrogens with two attached hydrogens (primary N) is 2. The zero-order chi connectivity index (χ0) is 11.6. The van der Waals surface area contributed by atoms with Crippen molar-refractivity contribution in [2.24, 2.45) is 5.73 Å². The molecule has 0 aromatic heterocycles. The van der Waals surface area contributed by atoms with E-state index in [1.165, 1.54) is 0 Å². The largest absolute Gasteiger partial charge is 0.398 e. The maximum Gasteiger partial charge on any atom is 0.218 e. The number of benzene rings is 1. The Balaban J connectivity index is 3.09. The van der Waals surface area contributed by atoms with Crippen LogP contribution in [0.15, 0.2) is 18.2 Å². The van der Waals surface area contributed by atoms with E-state index in [1.54, 1.807) is 12.1 Å². The first kappa shape index (κ1) is 11.9. The molecule has 4 N–H and O–H groups in total. The molecule has 0 aliphatic rings. The summed E-state index contributed by atoms with van der Waals surface area (Å²) in [6.07, 6.45) is 0.263. The molecule has 0 spiro atoms. The number of amides is 1. The van der Waals surface area contributed by atoms with Crippen molar-refractivity contribution in [2.75, 3.05) is 5.73 Å². The van der Waals surface area contributed by atoms with Crippen molar-refractivity contribution in [2.45, 2.75) is 25.7 Å². The van der Waals surface area contributed by atoms with Gasteiger partial charge in [-0.1, -0.05) is 31.5 Å². The van der Waals surface area contributed by atoms with E-state index in [0.29, 0.717) is 10.7 Å². The minimum Gasteiger partial charge on any atom is -0.398 e. The maximum atomic E-state index is 10.9. The molecule has 1 amide bonds. The second-order valence-electron chi connectivity index (χ2n) is 4.26. The van der Waals surface area contributed by atoms with Gasteiger partial charge in [-0.05, 0) is 17.7 Å². The van der Waals surface area contributed by atoms with Crippen LogP contribution in [-0.4, -0.2) is 5.91 Å². The van der Waals surface area contributed by atoms with Crippen LogP contribution in [0.2, 0.25) is 5.02 Å². The third kappa shape index (κ3) is 2.86. The number of carbonyl (C=O) groups is 1. The Hall–Kier alpha value is -1.22. The Kier molecular flexibility index (Phi) is 3.25. The van der Waals surface area contributed by atoms with Gasteiger partial charge in [0.05, 0.1) is 0 Å². The SMILES string of the molecule is CC(C)(CC(N)=O)c1ccc(Cl)cc1N. The van der Waals surface area contributed by atoms with Crippen molar-refractivity contribution >= 4 is 23.2 Å². The van der Waals surface area contributed by atoms with Crippen molar-refractivity contribution < 1.29 is 4.79 Å². The van der Waals surface area contributed by atoms with Crippen molar-refractivity contribution in [1.82, 2.24) is 0 Å². The molecule has 0 saturated carbocycles. The summed E-state index contributed by atoms with van der Waals surface area (Å²) in [5.41, 5.74) is 12.2. The van der Waals surface area contributed by atoms with Crippen LogP contribution >= 0.6 is 11.6 Å². The molecule has 0 aliphatic heterocycles. The van der Waals surface area contributed by atoms with E-state index in [-0.39, 0.29) is 17.7 Å². The van der Waals surface area contributed by atoms with E-state index in [0.717, 1.165) is 5.56 Å². The topological polar surface area (TPSA) is 69.1 Å². The van der Waals surface area contributed by atoms with Crippen molar-refractivity contribution in [3.05, 3.63) is 28.8 Å². The summed E-state index contributed by atoms with van der Waals surface area (Å²) in [7, 11) is 0. The molecule has 0 bridgehead atoms. The number of carbonyl (C=O) groups excluding carboxylic acids is 1. The van der Waals surface area contributed by atoms with Gasteiger partial charge in [0.1, 0.15) is 0 Å². The summed E-state index contributed by atoms with van der Waals surface area (Å²) in [5, 5.41) is 0.589. The van der Waals surface area contributed by atoms with Gasteiger partial charge in [0.15, 0.2) is 0 Å². The fourth-order valence-corrected chi connectivity index (χ4v) is 1.86. The highest BCUT2D eigenvalue weighted by Crippen LogP contribution is 2.32. The second-order valence-corrected chi connectivity index (χ2v) is 4.69. The molecule has 0 atom stereocenters. The predicted octanol–water partition coefficient (Wildman–Crippen LogP) is 2.08. The molecule has 0 aliphatic carbocycles. The molecule has 0 fully saturated rings. The lowest BCUT2D eigenvalue weighted by atomic mass is 9.80. The van der Waals surface area contributed by atoms with Gasteiger partial charge in [-0.25, -0.2) is 0 Å². The molecule has 0 unspecified atom stereocenters. The summed E-state index contributed by atoms with van der Waals surface area (Å²) >= 11 is 5.80. The van der Waals surface area contributed by atoms with E-state index in [2.05, 4.69) is 0 Å². The Morgan fingerprint density at radius 1 is 1.47 bits per heavy atom. The molecule has 3 nitrogen and oxygen atoms in total. The number of rotatable bonds is 3. The van der Waals surface area contributed by atoms with Gasteiger partial charge in [-0.2, -0.15) is 0 Å². The Morgan fingerprint density at radius 2 is 2.07 bits per heavy atom. The third-order valence-electron chi connectivity index (χ3n) is 2.36. The number of hydrogen-bond donors (Lipinski definition) is 2. The van der Waals surface area contributed by atoms with Crippen LogP contribution in [0.4, 0.5) is 5.69 Å². The van der Waals surface area contributed by atoms with Crippen molar-refractivity contribution in [3.8, 4) is 0 Å². The molecular weight excluding hydrogens is 212 g/mol. The van der Waals surface area contributed by atoms with Crippen LogP contribution in [0.3, 0.4) is 0 Å². The van der Waals surface area contributed by atoms with Crippen molar-refractivity contribution in [1.29, 1.82) is 0 Å². The maximum absolute atomic E-state index is 10.9.